The molecule has 0 radical (unpaired) electrons. The molecule has 19 heavy (non-hydrogen) atoms. The van der Waals surface area contributed by atoms with E-state index in [1.165, 1.54) is 12.1 Å². The van der Waals surface area contributed by atoms with Gasteiger partial charge < -0.3 is 4.42 Å². The predicted octanol–water partition coefficient (Wildman–Crippen LogP) is 4.86. The first kappa shape index (κ1) is 14.4. The summed E-state index contributed by atoms with van der Waals surface area (Å²) in [5, 5.41) is 0. The Morgan fingerprint density at radius 1 is 1.26 bits per heavy atom. The van der Waals surface area contributed by atoms with Crippen LogP contribution in [0.2, 0.25) is 0 Å². The zero-order valence-corrected chi connectivity index (χ0v) is 12.2. The summed E-state index contributed by atoms with van der Waals surface area (Å²) < 4.78 is 44.9. The summed E-state index contributed by atoms with van der Waals surface area (Å²) in [6.45, 7) is 1.88. The summed E-state index contributed by atoms with van der Waals surface area (Å²) >= 11 is 2.12. The number of oxazole rings is 1. The molecule has 2 aromatic rings. The van der Waals surface area contributed by atoms with Crippen LogP contribution in [-0.2, 0) is 17.0 Å². The zero-order chi connectivity index (χ0) is 14.0. The molecule has 0 aliphatic heterocycles. The molecule has 0 aliphatic rings. The van der Waals surface area contributed by atoms with E-state index in [1.54, 1.807) is 6.07 Å². The fourth-order valence-corrected chi connectivity index (χ4v) is 2.39. The minimum absolute atomic E-state index is 0.0131. The maximum Gasteiger partial charge on any atom is 0.417 e. The largest absolute Gasteiger partial charge is 0.441 e. The Morgan fingerprint density at radius 3 is 2.47 bits per heavy atom. The molecule has 0 fully saturated rings. The molecule has 0 spiro atoms. The molecule has 0 saturated carbocycles. The standard InChI is InChI=1S/C13H11F3INO/c1-2-11-10(7-17)18-12(19-11)8-5-3-4-6-9(8)13(14,15)16/h3-6H,2,7H2,1H3. The van der Waals surface area contributed by atoms with Crippen LogP contribution in [0, 0.1) is 0 Å². The van der Waals surface area contributed by atoms with Crippen LogP contribution < -0.4 is 0 Å². The molecule has 0 atom stereocenters. The van der Waals surface area contributed by atoms with E-state index in [2.05, 4.69) is 27.6 Å². The van der Waals surface area contributed by atoms with Crippen molar-refractivity contribution < 1.29 is 17.6 Å². The van der Waals surface area contributed by atoms with E-state index in [0.717, 1.165) is 6.07 Å². The molecule has 0 bridgehead atoms. The molecular weight excluding hydrogens is 370 g/mol. The molecule has 1 heterocycles. The van der Waals surface area contributed by atoms with E-state index in [-0.39, 0.29) is 11.5 Å². The number of halogens is 4. The summed E-state index contributed by atoms with van der Waals surface area (Å²) in [7, 11) is 0. The lowest BCUT2D eigenvalue weighted by molar-refractivity contribution is -0.137. The van der Waals surface area contributed by atoms with Crippen molar-refractivity contribution >= 4 is 22.6 Å². The quantitative estimate of drug-likeness (QED) is 0.561. The number of hydrogen-bond acceptors (Lipinski definition) is 2. The second-order valence-corrected chi connectivity index (χ2v) is 4.68. The van der Waals surface area contributed by atoms with Gasteiger partial charge in [-0.05, 0) is 12.1 Å². The highest BCUT2D eigenvalue weighted by Crippen LogP contribution is 2.37. The third kappa shape index (κ3) is 2.93. The Kier molecular flexibility index (Phi) is 4.17. The van der Waals surface area contributed by atoms with Crippen molar-refractivity contribution in [2.75, 3.05) is 0 Å². The molecule has 6 heteroatoms. The van der Waals surface area contributed by atoms with Gasteiger partial charge in [-0.15, -0.1) is 0 Å². The number of aryl methyl sites for hydroxylation is 1. The van der Waals surface area contributed by atoms with Gasteiger partial charge in [-0.25, -0.2) is 4.98 Å². The molecule has 2 nitrogen and oxygen atoms in total. The fraction of sp³-hybridized carbons (Fsp3) is 0.308. The van der Waals surface area contributed by atoms with Gasteiger partial charge in [0.2, 0.25) is 5.89 Å². The van der Waals surface area contributed by atoms with Crippen molar-refractivity contribution in [3.05, 3.63) is 41.3 Å². The van der Waals surface area contributed by atoms with Crippen molar-refractivity contribution in [2.24, 2.45) is 0 Å². The first-order valence-electron chi connectivity index (χ1n) is 5.68. The average Bonchev–Trinajstić information content (AvgIpc) is 2.81. The summed E-state index contributed by atoms with van der Waals surface area (Å²) in [5.74, 6) is 0.679. The Labute approximate surface area is 122 Å². The monoisotopic (exact) mass is 381 g/mol. The van der Waals surface area contributed by atoms with Crippen LogP contribution in [-0.4, -0.2) is 4.98 Å². The lowest BCUT2D eigenvalue weighted by Gasteiger charge is -2.09. The zero-order valence-electron chi connectivity index (χ0n) is 10.1. The second kappa shape index (κ2) is 5.52. The number of alkyl halides is 4. The number of nitrogens with zero attached hydrogens (tertiary/aromatic N) is 1. The lowest BCUT2D eigenvalue weighted by atomic mass is 10.1. The van der Waals surface area contributed by atoms with E-state index in [0.29, 0.717) is 22.3 Å². The Balaban J connectivity index is 2.56. The minimum Gasteiger partial charge on any atom is -0.441 e. The normalized spacial score (nSPS) is 11.8. The van der Waals surface area contributed by atoms with E-state index in [1.807, 2.05) is 6.92 Å². The molecule has 0 aliphatic carbocycles. The van der Waals surface area contributed by atoms with Gasteiger partial charge in [0.25, 0.3) is 0 Å². The van der Waals surface area contributed by atoms with Crippen LogP contribution in [0.5, 0.6) is 0 Å². The molecule has 2 rings (SSSR count). The van der Waals surface area contributed by atoms with E-state index in [9.17, 15) is 13.2 Å². The minimum atomic E-state index is -4.41. The molecule has 0 unspecified atom stereocenters. The Hall–Kier alpha value is -1.05. The number of aromatic nitrogens is 1. The van der Waals surface area contributed by atoms with Gasteiger partial charge in [0.05, 0.1) is 11.3 Å². The van der Waals surface area contributed by atoms with Gasteiger partial charge in [0, 0.05) is 16.4 Å². The van der Waals surface area contributed by atoms with Gasteiger partial charge in [-0.1, -0.05) is 41.6 Å². The van der Waals surface area contributed by atoms with E-state index in [4.69, 9.17) is 4.42 Å². The molecular formula is C13H11F3INO. The van der Waals surface area contributed by atoms with Crippen molar-refractivity contribution in [3.63, 3.8) is 0 Å². The Morgan fingerprint density at radius 2 is 1.95 bits per heavy atom. The maximum absolute atomic E-state index is 12.9. The SMILES string of the molecule is CCc1oc(-c2ccccc2C(F)(F)F)nc1CI. The van der Waals surface area contributed by atoms with Crippen LogP contribution in [0.15, 0.2) is 28.7 Å². The summed E-state index contributed by atoms with van der Waals surface area (Å²) in [4.78, 5) is 4.17. The molecule has 1 aromatic carbocycles. The lowest BCUT2D eigenvalue weighted by Crippen LogP contribution is -2.06. The highest BCUT2D eigenvalue weighted by Gasteiger charge is 2.34. The van der Waals surface area contributed by atoms with Crippen molar-refractivity contribution in [1.29, 1.82) is 0 Å². The first-order valence-corrected chi connectivity index (χ1v) is 7.21. The van der Waals surface area contributed by atoms with E-state index >= 15 is 0 Å². The first-order chi connectivity index (χ1) is 8.97. The highest BCUT2D eigenvalue weighted by atomic mass is 127. The van der Waals surface area contributed by atoms with Gasteiger partial charge >= 0.3 is 6.18 Å². The molecule has 0 N–H and O–H groups in total. The van der Waals surface area contributed by atoms with Crippen LogP contribution in [0.25, 0.3) is 11.5 Å². The van der Waals surface area contributed by atoms with E-state index < -0.39 is 11.7 Å². The third-order valence-electron chi connectivity index (χ3n) is 2.69. The molecule has 102 valence electrons. The summed E-state index contributed by atoms with van der Waals surface area (Å²) in [5.41, 5.74) is -0.0326. The number of rotatable bonds is 3. The topological polar surface area (TPSA) is 26.0 Å². The average molecular weight is 381 g/mol. The van der Waals surface area contributed by atoms with Crippen molar-refractivity contribution in [2.45, 2.75) is 23.9 Å². The number of hydrogen-bond donors (Lipinski definition) is 0. The summed E-state index contributed by atoms with van der Waals surface area (Å²) in [6, 6.07) is 5.32. The van der Waals surface area contributed by atoms with Crippen molar-refractivity contribution in [3.8, 4) is 11.5 Å². The van der Waals surface area contributed by atoms with Crippen molar-refractivity contribution in [1.82, 2.24) is 4.98 Å². The molecule has 0 saturated heterocycles. The van der Waals surface area contributed by atoms with Gasteiger partial charge in [-0.2, -0.15) is 13.2 Å². The number of benzene rings is 1. The van der Waals surface area contributed by atoms with Gasteiger partial charge in [0.15, 0.2) is 0 Å². The van der Waals surface area contributed by atoms with Crippen LogP contribution in [0.3, 0.4) is 0 Å². The molecule has 1 aromatic heterocycles. The molecule has 0 amide bonds. The third-order valence-corrected chi connectivity index (χ3v) is 3.41. The summed E-state index contributed by atoms with van der Waals surface area (Å²) in [6.07, 6.45) is -3.80. The second-order valence-electron chi connectivity index (χ2n) is 3.92. The van der Waals surface area contributed by atoms with Crippen LogP contribution >= 0.6 is 22.6 Å². The predicted molar refractivity (Wildman–Crippen MR) is 74.0 cm³/mol. The van der Waals surface area contributed by atoms with Gasteiger partial charge in [0.1, 0.15) is 5.76 Å². The highest BCUT2D eigenvalue weighted by molar-refractivity contribution is 14.1. The Bertz CT molecular complexity index is 556. The maximum atomic E-state index is 12.9. The fourth-order valence-electron chi connectivity index (χ4n) is 1.80. The van der Waals surface area contributed by atoms with Crippen LogP contribution in [0.4, 0.5) is 13.2 Å². The van der Waals surface area contributed by atoms with Crippen LogP contribution in [0.1, 0.15) is 23.9 Å². The van der Waals surface area contributed by atoms with Gasteiger partial charge in [-0.3, -0.25) is 0 Å². The smallest absolute Gasteiger partial charge is 0.417 e.